The summed E-state index contributed by atoms with van der Waals surface area (Å²) in [6, 6.07) is 10.4. The summed E-state index contributed by atoms with van der Waals surface area (Å²) in [5.74, 6) is 1.03. The number of hydrogen-bond acceptors (Lipinski definition) is 2. The third-order valence-electron chi connectivity index (χ3n) is 2.46. The van der Waals surface area contributed by atoms with Gasteiger partial charge in [0, 0.05) is 24.9 Å². The molecule has 0 amide bonds. The first-order chi connectivity index (χ1) is 7.88. The summed E-state index contributed by atoms with van der Waals surface area (Å²) in [7, 11) is 0. The van der Waals surface area contributed by atoms with Crippen molar-refractivity contribution in [3.63, 3.8) is 0 Å². The Kier molecular flexibility index (Phi) is 3.72. The van der Waals surface area contributed by atoms with Gasteiger partial charge in [0.1, 0.15) is 5.82 Å². The first-order valence-electron chi connectivity index (χ1n) is 5.66. The maximum atomic E-state index is 4.37. The minimum atomic E-state index is 0.859. The van der Waals surface area contributed by atoms with Crippen LogP contribution in [-0.4, -0.2) is 16.5 Å². The zero-order valence-electron chi connectivity index (χ0n) is 9.53. The number of imidazole rings is 1. The van der Waals surface area contributed by atoms with Crippen molar-refractivity contribution >= 4 is 0 Å². The van der Waals surface area contributed by atoms with E-state index in [1.807, 2.05) is 12.3 Å². The predicted octanol–water partition coefficient (Wildman–Crippen LogP) is 2.11. The van der Waals surface area contributed by atoms with Crippen LogP contribution in [0.1, 0.15) is 24.0 Å². The van der Waals surface area contributed by atoms with Crippen LogP contribution in [0.25, 0.3) is 0 Å². The van der Waals surface area contributed by atoms with Gasteiger partial charge in [-0.1, -0.05) is 37.3 Å². The Morgan fingerprint density at radius 3 is 2.81 bits per heavy atom. The highest BCUT2D eigenvalue weighted by Crippen LogP contribution is 2.06. The van der Waals surface area contributed by atoms with Crippen LogP contribution < -0.4 is 5.32 Å². The summed E-state index contributed by atoms with van der Waals surface area (Å²) in [5.41, 5.74) is 2.43. The van der Waals surface area contributed by atoms with Crippen LogP contribution in [0, 0.1) is 0 Å². The zero-order valence-corrected chi connectivity index (χ0v) is 9.53. The van der Waals surface area contributed by atoms with Crippen LogP contribution in [0.5, 0.6) is 0 Å². The van der Waals surface area contributed by atoms with E-state index in [2.05, 4.69) is 46.5 Å². The summed E-state index contributed by atoms with van der Waals surface area (Å²) < 4.78 is 0. The number of H-pyrrole nitrogens is 1. The number of rotatable bonds is 5. The summed E-state index contributed by atoms with van der Waals surface area (Å²) >= 11 is 0. The summed E-state index contributed by atoms with van der Waals surface area (Å²) in [6.07, 6.45) is 2.77. The van der Waals surface area contributed by atoms with Gasteiger partial charge in [-0.3, -0.25) is 0 Å². The molecule has 2 rings (SSSR count). The Labute approximate surface area is 95.9 Å². The van der Waals surface area contributed by atoms with Crippen LogP contribution in [-0.2, 0) is 13.0 Å². The van der Waals surface area contributed by atoms with Crippen LogP contribution in [0.15, 0.2) is 36.5 Å². The van der Waals surface area contributed by atoms with E-state index in [-0.39, 0.29) is 0 Å². The fourth-order valence-electron chi connectivity index (χ4n) is 1.63. The van der Waals surface area contributed by atoms with Crippen molar-refractivity contribution < 1.29 is 0 Å². The summed E-state index contributed by atoms with van der Waals surface area (Å²) in [6.45, 7) is 3.94. The first-order valence-corrected chi connectivity index (χ1v) is 5.66. The maximum absolute atomic E-state index is 4.37. The van der Waals surface area contributed by atoms with Crippen LogP contribution in [0.2, 0.25) is 0 Å². The Balaban J connectivity index is 1.97. The van der Waals surface area contributed by atoms with E-state index in [1.54, 1.807) is 0 Å². The Hall–Kier alpha value is -1.61. The average molecular weight is 215 g/mol. The molecule has 0 radical (unpaired) electrons. The molecule has 0 unspecified atom stereocenters. The Morgan fingerprint density at radius 2 is 2.06 bits per heavy atom. The number of hydrogen-bond donors (Lipinski definition) is 2. The molecule has 3 heteroatoms. The molecule has 3 nitrogen and oxygen atoms in total. The lowest BCUT2D eigenvalue weighted by atomic mass is 10.1. The van der Waals surface area contributed by atoms with Gasteiger partial charge in [-0.25, -0.2) is 4.98 Å². The highest BCUT2D eigenvalue weighted by Gasteiger charge is 2.01. The van der Waals surface area contributed by atoms with Gasteiger partial charge in [0.05, 0.1) is 0 Å². The number of benzene rings is 1. The lowest BCUT2D eigenvalue weighted by Gasteiger charge is -1.98. The van der Waals surface area contributed by atoms with Gasteiger partial charge in [-0.05, 0) is 12.1 Å². The van der Waals surface area contributed by atoms with E-state index < -0.39 is 0 Å². The number of aromatic nitrogens is 2. The van der Waals surface area contributed by atoms with E-state index in [0.29, 0.717) is 0 Å². The fraction of sp³-hybridized carbons (Fsp3) is 0.308. The molecule has 0 aliphatic heterocycles. The van der Waals surface area contributed by atoms with Gasteiger partial charge in [0.25, 0.3) is 0 Å². The monoisotopic (exact) mass is 215 g/mol. The molecule has 84 valence electrons. The quantitative estimate of drug-likeness (QED) is 0.802. The van der Waals surface area contributed by atoms with Gasteiger partial charge < -0.3 is 10.3 Å². The predicted molar refractivity (Wildman–Crippen MR) is 65.2 cm³/mol. The van der Waals surface area contributed by atoms with Crippen molar-refractivity contribution in [3.05, 3.63) is 53.6 Å². The second-order valence-corrected chi connectivity index (χ2v) is 3.80. The van der Waals surface area contributed by atoms with Gasteiger partial charge in [0.2, 0.25) is 0 Å². The SMILES string of the molecule is CCNCc1cnc(Cc2ccccc2)[nH]1. The lowest BCUT2D eigenvalue weighted by Crippen LogP contribution is -2.11. The van der Waals surface area contributed by atoms with Crippen LogP contribution in [0.4, 0.5) is 0 Å². The average Bonchev–Trinajstić information content (AvgIpc) is 2.75. The molecule has 0 aliphatic carbocycles. The normalized spacial score (nSPS) is 10.6. The van der Waals surface area contributed by atoms with E-state index in [9.17, 15) is 0 Å². The highest BCUT2D eigenvalue weighted by atomic mass is 15.0. The van der Waals surface area contributed by atoms with E-state index in [1.165, 1.54) is 5.56 Å². The van der Waals surface area contributed by atoms with Crippen molar-refractivity contribution in [1.82, 2.24) is 15.3 Å². The number of nitrogens with one attached hydrogen (secondary N) is 2. The molecule has 0 spiro atoms. The van der Waals surface area contributed by atoms with Crippen molar-refractivity contribution in [2.45, 2.75) is 19.9 Å². The summed E-state index contributed by atoms with van der Waals surface area (Å²) in [4.78, 5) is 7.69. The van der Waals surface area contributed by atoms with Crippen molar-refractivity contribution in [3.8, 4) is 0 Å². The minimum absolute atomic E-state index is 0.859. The van der Waals surface area contributed by atoms with E-state index in [4.69, 9.17) is 0 Å². The van der Waals surface area contributed by atoms with Crippen molar-refractivity contribution in [2.75, 3.05) is 6.54 Å². The molecule has 0 bridgehead atoms. The molecular formula is C13H17N3. The van der Waals surface area contributed by atoms with E-state index in [0.717, 1.165) is 31.0 Å². The molecule has 2 N–H and O–H groups in total. The second-order valence-electron chi connectivity index (χ2n) is 3.80. The maximum Gasteiger partial charge on any atom is 0.110 e. The Bertz CT molecular complexity index is 420. The lowest BCUT2D eigenvalue weighted by molar-refractivity contribution is 0.712. The van der Waals surface area contributed by atoms with Gasteiger partial charge in [-0.15, -0.1) is 0 Å². The first kappa shape index (κ1) is 10.9. The molecule has 0 atom stereocenters. The van der Waals surface area contributed by atoms with Crippen molar-refractivity contribution in [2.24, 2.45) is 0 Å². The third kappa shape index (κ3) is 2.94. The second kappa shape index (κ2) is 5.47. The largest absolute Gasteiger partial charge is 0.345 e. The van der Waals surface area contributed by atoms with E-state index >= 15 is 0 Å². The molecule has 0 saturated carbocycles. The third-order valence-corrected chi connectivity index (χ3v) is 2.46. The molecule has 0 saturated heterocycles. The molecular weight excluding hydrogens is 198 g/mol. The Morgan fingerprint density at radius 1 is 1.25 bits per heavy atom. The standard InChI is InChI=1S/C13H17N3/c1-2-14-9-12-10-15-13(16-12)8-11-6-4-3-5-7-11/h3-7,10,14H,2,8-9H2,1H3,(H,15,16). The molecule has 0 fully saturated rings. The molecule has 1 aromatic carbocycles. The molecule has 16 heavy (non-hydrogen) atoms. The topological polar surface area (TPSA) is 40.7 Å². The fourth-order valence-corrected chi connectivity index (χ4v) is 1.63. The molecule has 0 aliphatic rings. The zero-order chi connectivity index (χ0) is 11.2. The van der Waals surface area contributed by atoms with Crippen LogP contribution in [0.3, 0.4) is 0 Å². The van der Waals surface area contributed by atoms with Gasteiger partial charge in [0.15, 0.2) is 0 Å². The number of nitrogens with zero attached hydrogens (tertiary/aromatic N) is 1. The van der Waals surface area contributed by atoms with Crippen LogP contribution >= 0.6 is 0 Å². The van der Waals surface area contributed by atoms with Crippen molar-refractivity contribution in [1.29, 1.82) is 0 Å². The van der Waals surface area contributed by atoms with Gasteiger partial charge in [-0.2, -0.15) is 0 Å². The van der Waals surface area contributed by atoms with Gasteiger partial charge >= 0.3 is 0 Å². The highest BCUT2D eigenvalue weighted by molar-refractivity contribution is 5.19. The smallest absolute Gasteiger partial charge is 0.110 e. The molecule has 2 aromatic rings. The molecule has 1 aromatic heterocycles. The number of aromatic amines is 1. The minimum Gasteiger partial charge on any atom is -0.345 e. The summed E-state index contributed by atoms with van der Waals surface area (Å²) in [5, 5.41) is 3.27. The molecule has 1 heterocycles.